The number of aromatic nitrogens is 1. The Labute approximate surface area is 121 Å². The number of aryl methyl sites for hydroxylation is 1. The molecule has 3 N–H and O–H groups in total. The van der Waals surface area contributed by atoms with E-state index in [4.69, 9.17) is 11.1 Å². The van der Waals surface area contributed by atoms with Crippen molar-refractivity contribution in [2.75, 3.05) is 5.73 Å². The summed E-state index contributed by atoms with van der Waals surface area (Å²) in [5.74, 6) is 0.493. The van der Waals surface area contributed by atoms with Gasteiger partial charge < -0.3 is 11.1 Å². The van der Waals surface area contributed by atoms with Gasteiger partial charge in [-0.05, 0) is 35.6 Å². The van der Waals surface area contributed by atoms with Gasteiger partial charge in [-0.3, -0.25) is 4.98 Å². The lowest BCUT2D eigenvalue weighted by molar-refractivity contribution is 0.867. The summed E-state index contributed by atoms with van der Waals surface area (Å²) in [7, 11) is 0. The molecule has 3 nitrogen and oxygen atoms in total. The number of nitrogens with one attached hydrogen (secondary N) is 1. The van der Waals surface area contributed by atoms with Crippen molar-refractivity contribution in [1.29, 1.82) is 5.41 Å². The van der Waals surface area contributed by atoms with E-state index in [0.29, 0.717) is 11.6 Å². The molecule has 106 valence electrons. The van der Waals surface area contributed by atoms with Gasteiger partial charge in [0, 0.05) is 29.9 Å². The van der Waals surface area contributed by atoms with Gasteiger partial charge in [0.2, 0.25) is 0 Å². The van der Waals surface area contributed by atoms with E-state index in [9.17, 15) is 0 Å². The molecule has 0 aliphatic carbocycles. The molecule has 0 saturated carbocycles. The lowest BCUT2D eigenvalue weighted by atomic mass is 10.0. The minimum absolute atomic E-state index is 0.493. The van der Waals surface area contributed by atoms with Crippen molar-refractivity contribution in [3.8, 4) is 0 Å². The number of hydrogen-bond donors (Lipinski definition) is 2. The van der Waals surface area contributed by atoms with Crippen LogP contribution in [0.1, 0.15) is 43.4 Å². The van der Waals surface area contributed by atoms with E-state index in [1.54, 1.807) is 6.20 Å². The zero-order chi connectivity index (χ0) is 15.0. The number of hydrogen-bond acceptors (Lipinski definition) is 3. The summed E-state index contributed by atoms with van der Waals surface area (Å²) < 4.78 is 0. The first-order valence-corrected chi connectivity index (χ1v) is 6.87. The van der Waals surface area contributed by atoms with Crippen LogP contribution in [0.5, 0.6) is 0 Å². The quantitative estimate of drug-likeness (QED) is 0.652. The Kier molecular flexibility index (Phi) is 6.44. The van der Waals surface area contributed by atoms with Crippen LogP contribution in [0.4, 0.5) is 5.69 Å². The molecule has 1 heterocycles. The number of benzene rings is 1. The molecule has 0 atom stereocenters. The number of rotatable bonds is 3. The van der Waals surface area contributed by atoms with Crippen LogP contribution < -0.4 is 5.73 Å². The largest absolute Gasteiger partial charge is 0.398 e. The highest BCUT2D eigenvalue weighted by Crippen LogP contribution is 2.19. The van der Waals surface area contributed by atoms with Gasteiger partial charge in [-0.2, -0.15) is 0 Å². The summed E-state index contributed by atoms with van der Waals surface area (Å²) in [6, 6.07) is 9.87. The maximum Gasteiger partial charge on any atom is 0.0405 e. The molecule has 0 aliphatic rings. The first-order valence-electron chi connectivity index (χ1n) is 6.87. The van der Waals surface area contributed by atoms with E-state index in [0.717, 1.165) is 12.0 Å². The molecular formula is C17H23N3. The van der Waals surface area contributed by atoms with Crippen molar-refractivity contribution in [2.45, 2.75) is 33.1 Å². The molecule has 0 unspecified atom stereocenters. The molecule has 20 heavy (non-hydrogen) atoms. The predicted molar refractivity (Wildman–Crippen MR) is 86.4 cm³/mol. The highest BCUT2D eigenvalue weighted by atomic mass is 14.6. The minimum Gasteiger partial charge on any atom is -0.398 e. The average molecular weight is 269 g/mol. The number of nitrogens with two attached hydrogens (primary N) is 1. The Morgan fingerprint density at radius 1 is 1.30 bits per heavy atom. The van der Waals surface area contributed by atoms with E-state index in [1.807, 2.05) is 30.5 Å². The fraction of sp³-hybridized carbons (Fsp3) is 0.294. The lowest BCUT2D eigenvalue weighted by Crippen LogP contribution is -1.95. The zero-order valence-electron chi connectivity index (χ0n) is 12.4. The first-order chi connectivity index (χ1) is 9.58. The summed E-state index contributed by atoms with van der Waals surface area (Å²) in [5.41, 5.74) is 9.72. The Bertz CT molecular complexity index is 533. The molecule has 0 bridgehead atoms. The Balaban J connectivity index is 0.000000217. The lowest BCUT2D eigenvalue weighted by Gasteiger charge is -2.07. The number of pyridine rings is 1. The molecular weight excluding hydrogens is 246 g/mol. The molecule has 0 amide bonds. The molecule has 0 spiro atoms. The van der Waals surface area contributed by atoms with Crippen LogP contribution in [0, 0.1) is 5.41 Å². The highest BCUT2D eigenvalue weighted by Gasteiger charge is 2.01. The second-order valence-electron chi connectivity index (χ2n) is 4.90. The molecule has 0 fully saturated rings. The third kappa shape index (κ3) is 4.84. The van der Waals surface area contributed by atoms with Crippen molar-refractivity contribution in [2.24, 2.45) is 0 Å². The standard InChI is InChI=1S/C10H14N2.C7H9N/c1-7(2)8-3-4-9(6-11)10(12)5-8;1-2-7-4-3-5-8-6-7/h3-7,11H,12H2,1-2H3;3-6H,2H2,1H3. The van der Waals surface area contributed by atoms with Crippen molar-refractivity contribution < 1.29 is 0 Å². The first kappa shape index (κ1) is 15.9. The van der Waals surface area contributed by atoms with Gasteiger partial charge in [-0.15, -0.1) is 0 Å². The minimum atomic E-state index is 0.493. The van der Waals surface area contributed by atoms with Gasteiger partial charge in [0.25, 0.3) is 0 Å². The van der Waals surface area contributed by atoms with E-state index in [1.165, 1.54) is 17.3 Å². The van der Waals surface area contributed by atoms with Crippen LogP contribution in [0.3, 0.4) is 0 Å². The van der Waals surface area contributed by atoms with Crippen LogP contribution >= 0.6 is 0 Å². The third-order valence-corrected chi connectivity index (χ3v) is 3.06. The van der Waals surface area contributed by atoms with Crippen molar-refractivity contribution in [3.05, 3.63) is 59.4 Å². The average Bonchev–Trinajstić information content (AvgIpc) is 2.48. The SMILES string of the molecule is CC(C)c1ccc(C=N)c(N)c1.CCc1cccnc1. The molecule has 1 aromatic carbocycles. The monoisotopic (exact) mass is 269 g/mol. The van der Waals surface area contributed by atoms with Gasteiger partial charge in [0.05, 0.1) is 0 Å². The predicted octanol–water partition coefficient (Wildman–Crippen LogP) is 4.03. The van der Waals surface area contributed by atoms with Crippen molar-refractivity contribution in [1.82, 2.24) is 4.98 Å². The van der Waals surface area contributed by atoms with Gasteiger partial charge >= 0.3 is 0 Å². The van der Waals surface area contributed by atoms with E-state index in [2.05, 4.69) is 31.8 Å². The maximum absolute atomic E-state index is 7.06. The summed E-state index contributed by atoms with van der Waals surface area (Å²) in [6.45, 7) is 6.37. The summed E-state index contributed by atoms with van der Waals surface area (Å²) in [4.78, 5) is 3.96. The van der Waals surface area contributed by atoms with Crippen LogP contribution in [0.2, 0.25) is 0 Å². The van der Waals surface area contributed by atoms with Crippen LogP contribution in [-0.2, 0) is 6.42 Å². The normalized spacial score (nSPS) is 9.80. The molecule has 0 radical (unpaired) electrons. The molecule has 1 aromatic heterocycles. The molecule has 0 aliphatic heterocycles. The van der Waals surface area contributed by atoms with Gasteiger partial charge in [0.1, 0.15) is 0 Å². The van der Waals surface area contributed by atoms with E-state index < -0.39 is 0 Å². The Morgan fingerprint density at radius 3 is 2.45 bits per heavy atom. The zero-order valence-corrected chi connectivity index (χ0v) is 12.4. The fourth-order valence-corrected chi connectivity index (χ4v) is 1.69. The molecule has 0 saturated heterocycles. The topological polar surface area (TPSA) is 62.8 Å². The summed E-state index contributed by atoms with van der Waals surface area (Å²) in [6.07, 6.45) is 6.03. The van der Waals surface area contributed by atoms with Crippen LogP contribution in [0.25, 0.3) is 0 Å². The highest BCUT2D eigenvalue weighted by molar-refractivity contribution is 5.84. The smallest absolute Gasteiger partial charge is 0.0405 e. The summed E-state index contributed by atoms with van der Waals surface area (Å²) in [5, 5.41) is 7.06. The van der Waals surface area contributed by atoms with Crippen molar-refractivity contribution in [3.63, 3.8) is 0 Å². The fourth-order valence-electron chi connectivity index (χ4n) is 1.69. The number of anilines is 1. The number of nitrogens with zero attached hydrogens (tertiary/aromatic N) is 1. The van der Waals surface area contributed by atoms with E-state index >= 15 is 0 Å². The van der Waals surface area contributed by atoms with Crippen LogP contribution in [0.15, 0.2) is 42.7 Å². The summed E-state index contributed by atoms with van der Waals surface area (Å²) >= 11 is 0. The second kappa shape index (κ2) is 8.10. The maximum atomic E-state index is 7.06. The van der Waals surface area contributed by atoms with Gasteiger partial charge in [-0.25, -0.2) is 0 Å². The Morgan fingerprint density at radius 2 is 2.05 bits per heavy atom. The van der Waals surface area contributed by atoms with E-state index in [-0.39, 0.29) is 0 Å². The van der Waals surface area contributed by atoms with Gasteiger partial charge in [0.15, 0.2) is 0 Å². The molecule has 2 rings (SSSR count). The molecule has 3 heteroatoms. The third-order valence-electron chi connectivity index (χ3n) is 3.06. The second-order valence-corrected chi connectivity index (χ2v) is 4.90. The van der Waals surface area contributed by atoms with Crippen molar-refractivity contribution >= 4 is 11.9 Å². The van der Waals surface area contributed by atoms with Crippen LogP contribution in [-0.4, -0.2) is 11.2 Å². The molecule has 2 aromatic rings. The van der Waals surface area contributed by atoms with Gasteiger partial charge in [-0.1, -0.05) is 39.0 Å². The Hall–Kier alpha value is -2.16. The number of nitrogen functional groups attached to an aromatic ring is 1.